The van der Waals surface area contributed by atoms with Gasteiger partial charge in [-0.15, -0.1) is 0 Å². The van der Waals surface area contributed by atoms with Gasteiger partial charge in [-0.1, -0.05) is 13.3 Å². The summed E-state index contributed by atoms with van der Waals surface area (Å²) in [5, 5.41) is 19.2. The van der Waals surface area contributed by atoms with Crippen molar-refractivity contribution in [2.24, 2.45) is 17.8 Å². The molecule has 100 valence electrons. The lowest BCUT2D eigenvalue weighted by Gasteiger charge is -2.35. The summed E-state index contributed by atoms with van der Waals surface area (Å²) in [6.45, 7) is 5.74. The van der Waals surface area contributed by atoms with Crippen LogP contribution in [0.25, 0.3) is 0 Å². The van der Waals surface area contributed by atoms with Crippen molar-refractivity contribution in [3.05, 3.63) is 0 Å². The van der Waals surface area contributed by atoms with Gasteiger partial charge in [-0.05, 0) is 50.0 Å². The molecule has 3 heteroatoms. The van der Waals surface area contributed by atoms with Crippen LogP contribution in [0.4, 0.5) is 0 Å². The predicted octanol–water partition coefficient (Wildman–Crippen LogP) is 1.49. The molecule has 2 aliphatic rings. The van der Waals surface area contributed by atoms with Crippen molar-refractivity contribution >= 4 is 0 Å². The average Bonchev–Trinajstić information content (AvgIpc) is 2.80. The molecule has 1 saturated heterocycles. The van der Waals surface area contributed by atoms with E-state index in [2.05, 4.69) is 11.8 Å². The van der Waals surface area contributed by atoms with E-state index in [0.717, 1.165) is 38.4 Å². The summed E-state index contributed by atoms with van der Waals surface area (Å²) < 4.78 is 0. The summed E-state index contributed by atoms with van der Waals surface area (Å²) in [7, 11) is 0. The van der Waals surface area contributed by atoms with Gasteiger partial charge in [-0.25, -0.2) is 0 Å². The van der Waals surface area contributed by atoms with Gasteiger partial charge in [0.1, 0.15) is 0 Å². The molecule has 17 heavy (non-hydrogen) atoms. The monoisotopic (exact) mass is 241 g/mol. The van der Waals surface area contributed by atoms with Crippen molar-refractivity contribution in [1.29, 1.82) is 0 Å². The number of likely N-dealkylation sites (tertiary alicyclic amines) is 1. The highest BCUT2D eigenvalue weighted by atomic mass is 16.3. The number of aliphatic hydroxyl groups excluding tert-OH is 2. The number of rotatable bonds is 4. The van der Waals surface area contributed by atoms with Gasteiger partial charge >= 0.3 is 0 Å². The Hall–Kier alpha value is -0.120. The lowest BCUT2D eigenvalue weighted by atomic mass is 9.78. The van der Waals surface area contributed by atoms with Gasteiger partial charge in [-0.3, -0.25) is 0 Å². The second-order valence-electron chi connectivity index (χ2n) is 6.01. The van der Waals surface area contributed by atoms with Crippen LogP contribution < -0.4 is 0 Å². The van der Waals surface area contributed by atoms with Crippen molar-refractivity contribution < 1.29 is 10.2 Å². The van der Waals surface area contributed by atoms with Crippen LogP contribution in [0.3, 0.4) is 0 Å². The van der Waals surface area contributed by atoms with Crippen LogP contribution in [0.15, 0.2) is 0 Å². The molecule has 2 N–H and O–H groups in total. The largest absolute Gasteiger partial charge is 0.396 e. The minimum Gasteiger partial charge on any atom is -0.396 e. The fraction of sp³-hybridized carbons (Fsp3) is 1.00. The van der Waals surface area contributed by atoms with Gasteiger partial charge in [0.15, 0.2) is 0 Å². The smallest absolute Gasteiger partial charge is 0.0580 e. The number of hydrogen-bond acceptors (Lipinski definition) is 3. The van der Waals surface area contributed by atoms with Gasteiger partial charge in [0.25, 0.3) is 0 Å². The summed E-state index contributed by atoms with van der Waals surface area (Å²) in [4.78, 5) is 2.44. The second-order valence-corrected chi connectivity index (χ2v) is 6.01. The molecular formula is C14H27NO2. The van der Waals surface area contributed by atoms with Gasteiger partial charge in [0, 0.05) is 19.7 Å². The van der Waals surface area contributed by atoms with Crippen molar-refractivity contribution in [3.8, 4) is 0 Å². The molecule has 4 atom stereocenters. The van der Waals surface area contributed by atoms with Crippen molar-refractivity contribution in [1.82, 2.24) is 4.90 Å². The first-order valence-electron chi connectivity index (χ1n) is 7.24. The maximum absolute atomic E-state index is 10.1. The Labute approximate surface area is 105 Å². The van der Waals surface area contributed by atoms with Gasteiger partial charge in [0.2, 0.25) is 0 Å². The van der Waals surface area contributed by atoms with Gasteiger partial charge in [-0.2, -0.15) is 0 Å². The molecule has 1 aliphatic heterocycles. The molecular weight excluding hydrogens is 214 g/mol. The Morgan fingerprint density at radius 3 is 2.65 bits per heavy atom. The van der Waals surface area contributed by atoms with E-state index in [-0.39, 0.29) is 6.10 Å². The van der Waals surface area contributed by atoms with E-state index in [9.17, 15) is 5.11 Å². The molecule has 0 bridgehead atoms. The normalized spacial score (nSPS) is 39.7. The summed E-state index contributed by atoms with van der Waals surface area (Å²) in [5.74, 6) is 1.75. The third-order valence-corrected chi connectivity index (χ3v) is 4.75. The van der Waals surface area contributed by atoms with E-state index in [1.54, 1.807) is 0 Å². The zero-order chi connectivity index (χ0) is 12.3. The molecule has 0 aromatic carbocycles. The Morgan fingerprint density at radius 2 is 2.00 bits per heavy atom. The molecule has 0 aromatic heterocycles. The van der Waals surface area contributed by atoms with E-state index in [1.807, 2.05) is 0 Å². The lowest BCUT2D eigenvalue weighted by Crippen LogP contribution is -2.38. The predicted molar refractivity (Wildman–Crippen MR) is 68.8 cm³/mol. The van der Waals surface area contributed by atoms with E-state index < -0.39 is 0 Å². The lowest BCUT2D eigenvalue weighted by molar-refractivity contribution is 0.0296. The molecule has 1 saturated carbocycles. The highest BCUT2D eigenvalue weighted by Gasteiger charge is 2.31. The van der Waals surface area contributed by atoms with Crippen LogP contribution in [0.1, 0.15) is 39.0 Å². The number of hydrogen-bond donors (Lipinski definition) is 2. The standard InChI is InChI=1S/C14H27NO2/c1-2-11-3-4-14(17)13(7-11)9-15-6-5-12(8-15)10-16/h11-14,16-17H,2-10H2,1H3. The fourth-order valence-corrected chi connectivity index (χ4v) is 3.47. The van der Waals surface area contributed by atoms with E-state index in [4.69, 9.17) is 5.11 Å². The third-order valence-electron chi connectivity index (χ3n) is 4.75. The first-order valence-corrected chi connectivity index (χ1v) is 7.24. The molecule has 0 spiro atoms. The molecule has 2 fully saturated rings. The van der Waals surface area contributed by atoms with Crippen LogP contribution in [0, 0.1) is 17.8 Å². The van der Waals surface area contributed by atoms with E-state index in [0.29, 0.717) is 18.4 Å². The second kappa shape index (κ2) is 6.17. The highest BCUT2D eigenvalue weighted by molar-refractivity contribution is 4.84. The number of nitrogens with zero attached hydrogens (tertiary/aromatic N) is 1. The molecule has 0 aromatic rings. The van der Waals surface area contributed by atoms with Gasteiger partial charge < -0.3 is 15.1 Å². The summed E-state index contributed by atoms with van der Waals surface area (Å²) in [5.41, 5.74) is 0. The molecule has 3 nitrogen and oxygen atoms in total. The van der Waals surface area contributed by atoms with Crippen molar-refractivity contribution in [2.75, 3.05) is 26.2 Å². The van der Waals surface area contributed by atoms with Gasteiger partial charge in [0.05, 0.1) is 6.10 Å². The Balaban J connectivity index is 1.80. The Kier molecular flexibility index (Phi) is 4.83. The molecule has 4 unspecified atom stereocenters. The summed E-state index contributed by atoms with van der Waals surface area (Å²) in [6.07, 6.45) is 5.66. The zero-order valence-electron chi connectivity index (χ0n) is 11.0. The number of aliphatic hydroxyl groups is 2. The van der Waals surface area contributed by atoms with Crippen LogP contribution >= 0.6 is 0 Å². The van der Waals surface area contributed by atoms with Crippen LogP contribution in [-0.2, 0) is 0 Å². The molecule has 0 amide bonds. The Bertz CT molecular complexity index is 234. The Morgan fingerprint density at radius 1 is 1.18 bits per heavy atom. The third kappa shape index (κ3) is 3.43. The van der Waals surface area contributed by atoms with Crippen LogP contribution in [0.5, 0.6) is 0 Å². The molecule has 2 rings (SSSR count). The topological polar surface area (TPSA) is 43.7 Å². The van der Waals surface area contributed by atoms with Crippen molar-refractivity contribution in [3.63, 3.8) is 0 Å². The SMILES string of the molecule is CCC1CCC(O)C(CN2CCC(CO)C2)C1. The van der Waals surface area contributed by atoms with E-state index in [1.165, 1.54) is 19.3 Å². The average molecular weight is 241 g/mol. The minimum absolute atomic E-state index is 0.0917. The van der Waals surface area contributed by atoms with Crippen LogP contribution in [-0.4, -0.2) is 47.5 Å². The summed E-state index contributed by atoms with van der Waals surface area (Å²) >= 11 is 0. The molecule has 1 heterocycles. The first-order chi connectivity index (χ1) is 8.22. The van der Waals surface area contributed by atoms with Crippen molar-refractivity contribution in [2.45, 2.75) is 45.1 Å². The fourth-order valence-electron chi connectivity index (χ4n) is 3.47. The zero-order valence-corrected chi connectivity index (χ0v) is 11.0. The maximum atomic E-state index is 10.1. The van der Waals surface area contributed by atoms with Crippen LogP contribution in [0.2, 0.25) is 0 Å². The first kappa shape index (κ1) is 13.3. The molecule has 1 aliphatic carbocycles. The summed E-state index contributed by atoms with van der Waals surface area (Å²) in [6, 6.07) is 0. The van der Waals surface area contributed by atoms with E-state index >= 15 is 0 Å². The highest BCUT2D eigenvalue weighted by Crippen LogP contribution is 2.32. The minimum atomic E-state index is -0.0917. The maximum Gasteiger partial charge on any atom is 0.0580 e. The quantitative estimate of drug-likeness (QED) is 0.783. The molecule has 0 radical (unpaired) electrons.